The standard InChI is InChI=1S/C15H20F3N/c1-3-10-4-5-15(9(10)2)19-8-11-6-13(17)14(18)7-12(11)16/h6-7,9-10,15,19H,3-5,8H2,1-2H3. The van der Waals surface area contributed by atoms with Crippen LogP contribution in [0, 0.1) is 29.3 Å². The van der Waals surface area contributed by atoms with Gasteiger partial charge in [0.25, 0.3) is 0 Å². The summed E-state index contributed by atoms with van der Waals surface area (Å²) in [6.07, 6.45) is 3.39. The van der Waals surface area contributed by atoms with Crippen LogP contribution in [0.4, 0.5) is 13.2 Å². The maximum Gasteiger partial charge on any atom is 0.161 e. The Bertz CT molecular complexity index is 447. The molecule has 106 valence electrons. The van der Waals surface area contributed by atoms with E-state index in [2.05, 4.69) is 19.2 Å². The van der Waals surface area contributed by atoms with E-state index in [-0.39, 0.29) is 12.1 Å². The molecule has 3 atom stereocenters. The molecule has 1 fully saturated rings. The summed E-state index contributed by atoms with van der Waals surface area (Å²) in [6, 6.07) is 1.88. The van der Waals surface area contributed by atoms with Crippen LogP contribution in [-0.4, -0.2) is 6.04 Å². The van der Waals surface area contributed by atoms with Crippen LogP contribution in [0.1, 0.15) is 38.7 Å². The van der Waals surface area contributed by atoms with Crippen LogP contribution in [0.5, 0.6) is 0 Å². The topological polar surface area (TPSA) is 12.0 Å². The molecule has 1 aromatic rings. The number of rotatable bonds is 4. The van der Waals surface area contributed by atoms with Gasteiger partial charge in [-0.15, -0.1) is 0 Å². The van der Waals surface area contributed by atoms with Gasteiger partial charge in [0.2, 0.25) is 0 Å². The van der Waals surface area contributed by atoms with E-state index < -0.39 is 17.5 Å². The van der Waals surface area contributed by atoms with Crippen molar-refractivity contribution in [3.05, 3.63) is 35.1 Å². The maximum atomic E-state index is 13.5. The molecule has 3 unspecified atom stereocenters. The molecule has 1 nitrogen and oxygen atoms in total. The predicted octanol–water partition coefficient (Wildman–Crippen LogP) is 4.02. The fourth-order valence-electron chi connectivity index (χ4n) is 3.05. The van der Waals surface area contributed by atoms with Crippen LogP contribution in [0.15, 0.2) is 12.1 Å². The van der Waals surface area contributed by atoms with Gasteiger partial charge >= 0.3 is 0 Å². The zero-order chi connectivity index (χ0) is 14.0. The molecule has 2 rings (SSSR count). The van der Waals surface area contributed by atoms with Crippen molar-refractivity contribution < 1.29 is 13.2 Å². The van der Waals surface area contributed by atoms with Gasteiger partial charge in [-0.25, -0.2) is 13.2 Å². The third kappa shape index (κ3) is 3.11. The summed E-state index contributed by atoms with van der Waals surface area (Å²) in [5.41, 5.74) is 0.186. The van der Waals surface area contributed by atoms with E-state index in [9.17, 15) is 13.2 Å². The highest BCUT2D eigenvalue weighted by Crippen LogP contribution is 2.34. The molecule has 0 aromatic heterocycles. The highest BCUT2D eigenvalue weighted by molar-refractivity contribution is 5.20. The fraction of sp³-hybridized carbons (Fsp3) is 0.600. The quantitative estimate of drug-likeness (QED) is 0.816. The molecule has 1 N–H and O–H groups in total. The van der Waals surface area contributed by atoms with Crippen molar-refractivity contribution in [2.24, 2.45) is 11.8 Å². The molecule has 0 amide bonds. The van der Waals surface area contributed by atoms with Gasteiger partial charge in [-0.3, -0.25) is 0 Å². The van der Waals surface area contributed by atoms with Crippen LogP contribution in [-0.2, 0) is 6.54 Å². The lowest BCUT2D eigenvalue weighted by Crippen LogP contribution is -2.32. The lowest BCUT2D eigenvalue weighted by Gasteiger charge is -2.21. The van der Waals surface area contributed by atoms with E-state index in [1.165, 1.54) is 6.42 Å². The first kappa shape index (κ1) is 14.4. The molecule has 4 heteroatoms. The van der Waals surface area contributed by atoms with Crippen molar-refractivity contribution >= 4 is 0 Å². The largest absolute Gasteiger partial charge is 0.310 e. The van der Waals surface area contributed by atoms with Gasteiger partial charge in [0.15, 0.2) is 11.6 Å². The van der Waals surface area contributed by atoms with Crippen molar-refractivity contribution in [1.82, 2.24) is 5.32 Å². The molecule has 1 aliphatic rings. The Labute approximate surface area is 112 Å². The van der Waals surface area contributed by atoms with Crippen molar-refractivity contribution in [3.8, 4) is 0 Å². The zero-order valence-electron chi connectivity index (χ0n) is 11.3. The van der Waals surface area contributed by atoms with Gasteiger partial charge in [0, 0.05) is 24.2 Å². The molecule has 1 aliphatic carbocycles. The number of hydrogen-bond donors (Lipinski definition) is 1. The first-order chi connectivity index (χ1) is 9.02. The summed E-state index contributed by atoms with van der Waals surface area (Å²) in [4.78, 5) is 0. The van der Waals surface area contributed by atoms with Crippen molar-refractivity contribution in [1.29, 1.82) is 0 Å². The molecule has 1 aromatic carbocycles. The van der Waals surface area contributed by atoms with Crippen LogP contribution in [0.3, 0.4) is 0 Å². The number of nitrogens with one attached hydrogen (secondary N) is 1. The number of halogens is 3. The summed E-state index contributed by atoms with van der Waals surface area (Å²) in [5, 5.41) is 3.27. The Hall–Kier alpha value is -1.03. The molecule has 19 heavy (non-hydrogen) atoms. The predicted molar refractivity (Wildman–Crippen MR) is 69.1 cm³/mol. The Morgan fingerprint density at radius 1 is 1.11 bits per heavy atom. The minimum atomic E-state index is -1.14. The van der Waals surface area contributed by atoms with Crippen LogP contribution in [0.2, 0.25) is 0 Å². The van der Waals surface area contributed by atoms with Crippen molar-refractivity contribution in [3.63, 3.8) is 0 Å². The van der Waals surface area contributed by atoms with Gasteiger partial charge < -0.3 is 5.32 Å². The molecule has 0 saturated heterocycles. The van der Waals surface area contributed by atoms with E-state index in [1.54, 1.807) is 0 Å². The SMILES string of the molecule is CCC1CCC(NCc2cc(F)c(F)cc2F)C1C. The second-order valence-corrected chi connectivity index (χ2v) is 5.45. The lowest BCUT2D eigenvalue weighted by molar-refractivity contribution is 0.342. The Kier molecular flexibility index (Phi) is 4.50. The van der Waals surface area contributed by atoms with Crippen LogP contribution < -0.4 is 5.32 Å². The smallest absolute Gasteiger partial charge is 0.161 e. The lowest BCUT2D eigenvalue weighted by atomic mass is 9.93. The molecule has 0 heterocycles. The Balaban J connectivity index is 1.98. The highest BCUT2D eigenvalue weighted by Gasteiger charge is 2.31. The van der Waals surface area contributed by atoms with E-state index in [0.29, 0.717) is 23.9 Å². The minimum Gasteiger partial charge on any atom is -0.310 e. The molecular weight excluding hydrogens is 251 g/mol. The Morgan fingerprint density at radius 2 is 1.79 bits per heavy atom. The molecule has 0 radical (unpaired) electrons. The van der Waals surface area contributed by atoms with Crippen molar-refractivity contribution in [2.75, 3.05) is 0 Å². The zero-order valence-corrected chi connectivity index (χ0v) is 11.3. The molecule has 0 spiro atoms. The van der Waals surface area contributed by atoms with Gasteiger partial charge in [-0.1, -0.05) is 20.3 Å². The van der Waals surface area contributed by atoms with E-state index in [0.717, 1.165) is 18.9 Å². The van der Waals surface area contributed by atoms with Gasteiger partial charge in [0.05, 0.1) is 0 Å². The van der Waals surface area contributed by atoms with Gasteiger partial charge in [0.1, 0.15) is 5.82 Å². The average molecular weight is 271 g/mol. The fourth-order valence-corrected chi connectivity index (χ4v) is 3.05. The maximum absolute atomic E-state index is 13.5. The number of benzene rings is 1. The van der Waals surface area contributed by atoms with Gasteiger partial charge in [-0.05, 0) is 30.7 Å². The number of hydrogen-bond acceptors (Lipinski definition) is 1. The third-order valence-corrected chi connectivity index (χ3v) is 4.40. The first-order valence-corrected chi connectivity index (χ1v) is 6.89. The molecule has 1 saturated carbocycles. The summed E-state index contributed by atoms with van der Waals surface area (Å²) < 4.78 is 39.4. The summed E-state index contributed by atoms with van der Waals surface area (Å²) >= 11 is 0. The third-order valence-electron chi connectivity index (χ3n) is 4.40. The van der Waals surface area contributed by atoms with Crippen LogP contribution in [0.25, 0.3) is 0 Å². The van der Waals surface area contributed by atoms with Gasteiger partial charge in [-0.2, -0.15) is 0 Å². The summed E-state index contributed by atoms with van der Waals surface area (Å²) in [5.74, 6) is -1.58. The Morgan fingerprint density at radius 3 is 2.42 bits per heavy atom. The van der Waals surface area contributed by atoms with Crippen molar-refractivity contribution in [2.45, 2.75) is 45.7 Å². The highest BCUT2D eigenvalue weighted by atomic mass is 19.2. The molecular formula is C15H20F3N. The molecule has 0 bridgehead atoms. The normalized spacial score (nSPS) is 26.9. The summed E-state index contributed by atoms with van der Waals surface area (Å²) in [6.45, 7) is 4.62. The molecule has 0 aliphatic heterocycles. The van der Waals surface area contributed by atoms with Crippen LogP contribution >= 0.6 is 0 Å². The minimum absolute atomic E-state index is 0.186. The second kappa shape index (κ2) is 5.95. The van der Waals surface area contributed by atoms with E-state index in [4.69, 9.17) is 0 Å². The van der Waals surface area contributed by atoms with E-state index >= 15 is 0 Å². The summed E-state index contributed by atoms with van der Waals surface area (Å²) in [7, 11) is 0. The second-order valence-electron chi connectivity index (χ2n) is 5.45. The monoisotopic (exact) mass is 271 g/mol. The first-order valence-electron chi connectivity index (χ1n) is 6.89. The van der Waals surface area contributed by atoms with E-state index in [1.807, 2.05) is 0 Å². The average Bonchev–Trinajstić information content (AvgIpc) is 2.73.